The molecule has 2 atom stereocenters. The summed E-state index contributed by atoms with van der Waals surface area (Å²) in [5, 5.41) is 2.92. The van der Waals surface area contributed by atoms with Crippen LogP contribution >= 0.6 is 11.8 Å². The summed E-state index contributed by atoms with van der Waals surface area (Å²) in [6.45, 7) is 9.56. The average molecular weight is 482 g/mol. The third-order valence-electron chi connectivity index (χ3n) is 5.11. The van der Waals surface area contributed by atoms with Crippen molar-refractivity contribution in [2.75, 3.05) is 23.0 Å². The number of aliphatic imine (C=N–C) groups is 1. The Hall–Kier alpha value is -2.07. The Kier molecular flexibility index (Phi) is 7.24. The van der Waals surface area contributed by atoms with Crippen molar-refractivity contribution >= 4 is 44.5 Å². The molecular formula is C22H31N3O5S2. The highest BCUT2D eigenvalue weighted by Gasteiger charge is 2.49. The molecule has 2 aliphatic heterocycles. The quantitative estimate of drug-likeness (QED) is 0.688. The van der Waals surface area contributed by atoms with Crippen LogP contribution in [0.1, 0.15) is 52.5 Å². The zero-order chi connectivity index (χ0) is 23.7. The fraction of sp³-hybridized carbons (Fsp3) is 0.591. The van der Waals surface area contributed by atoms with Crippen LogP contribution in [-0.4, -0.2) is 60.5 Å². The second-order valence-corrected chi connectivity index (χ2v) is 12.7. The molecule has 2 amide bonds. The predicted molar refractivity (Wildman–Crippen MR) is 128 cm³/mol. The highest BCUT2D eigenvalue weighted by atomic mass is 32.2. The van der Waals surface area contributed by atoms with Gasteiger partial charge in [0.15, 0.2) is 15.0 Å². The lowest BCUT2D eigenvalue weighted by Crippen LogP contribution is -2.38. The molecule has 10 heteroatoms. The first-order chi connectivity index (χ1) is 14.9. The fourth-order valence-electron chi connectivity index (χ4n) is 3.79. The first kappa shape index (κ1) is 24.6. The Bertz CT molecular complexity index is 1010. The van der Waals surface area contributed by atoms with Gasteiger partial charge in [-0.05, 0) is 38.3 Å². The zero-order valence-electron chi connectivity index (χ0n) is 19.1. The smallest absolute Gasteiger partial charge is 0.407 e. The summed E-state index contributed by atoms with van der Waals surface area (Å²) in [6.07, 6.45) is -0.559. The first-order valence-corrected chi connectivity index (χ1v) is 13.4. The van der Waals surface area contributed by atoms with E-state index in [9.17, 15) is 18.0 Å². The summed E-state index contributed by atoms with van der Waals surface area (Å²) >= 11 is 1.35. The van der Waals surface area contributed by atoms with Crippen LogP contribution in [0.5, 0.6) is 0 Å². The molecule has 1 aromatic carbocycles. The Balaban J connectivity index is 1.78. The van der Waals surface area contributed by atoms with Crippen LogP contribution in [0, 0.1) is 0 Å². The molecule has 176 valence electrons. The summed E-state index contributed by atoms with van der Waals surface area (Å²) in [7, 11) is -3.13. The van der Waals surface area contributed by atoms with E-state index in [0.717, 1.165) is 11.3 Å². The number of nitrogens with one attached hydrogen (secondary N) is 1. The summed E-state index contributed by atoms with van der Waals surface area (Å²) in [5.74, 6) is -0.0257. The van der Waals surface area contributed by atoms with Crippen LogP contribution in [0.2, 0.25) is 0 Å². The summed E-state index contributed by atoms with van der Waals surface area (Å²) in [4.78, 5) is 30.6. The molecule has 2 heterocycles. The molecule has 2 unspecified atom stereocenters. The molecule has 0 aliphatic carbocycles. The van der Waals surface area contributed by atoms with Gasteiger partial charge in [-0.15, -0.1) is 0 Å². The minimum Gasteiger partial charge on any atom is -0.444 e. The third kappa shape index (κ3) is 6.04. The number of amidine groups is 1. The average Bonchev–Trinajstić information content (AvgIpc) is 3.10. The maximum absolute atomic E-state index is 12.6. The number of sulfone groups is 1. The second-order valence-electron chi connectivity index (χ2n) is 9.35. The number of rotatable bonds is 5. The van der Waals surface area contributed by atoms with Crippen molar-refractivity contribution in [2.45, 2.75) is 63.9 Å². The van der Waals surface area contributed by atoms with Crippen molar-refractivity contribution in [3.05, 3.63) is 29.8 Å². The number of anilines is 1. The van der Waals surface area contributed by atoms with E-state index in [-0.39, 0.29) is 47.6 Å². The number of benzene rings is 1. The Labute approximate surface area is 194 Å². The molecule has 1 N–H and O–H groups in total. The van der Waals surface area contributed by atoms with Gasteiger partial charge in [0.25, 0.3) is 0 Å². The Morgan fingerprint density at radius 3 is 2.59 bits per heavy atom. The number of nitrogens with zero attached hydrogens (tertiary/aromatic N) is 2. The lowest BCUT2D eigenvalue weighted by Gasteiger charge is -2.28. The first-order valence-electron chi connectivity index (χ1n) is 10.7. The molecule has 2 saturated heterocycles. The number of alkyl carbamates (subject to hydrolysis) is 1. The number of thioether (sulfide) groups is 1. The maximum atomic E-state index is 12.6. The number of para-hydroxylation sites is 1. The Morgan fingerprint density at radius 1 is 1.25 bits per heavy atom. The van der Waals surface area contributed by atoms with E-state index >= 15 is 0 Å². The van der Waals surface area contributed by atoms with E-state index in [0.29, 0.717) is 5.17 Å². The molecule has 2 aliphatic rings. The van der Waals surface area contributed by atoms with Gasteiger partial charge in [-0.3, -0.25) is 4.79 Å². The minimum absolute atomic E-state index is 0.0244. The Morgan fingerprint density at radius 2 is 1.94 bits per heavy atom. The van der Waals surface area contributed by atoms with Gasteiger partial charge in [-0.2, -0.15) is 4.99 Å². The largest absolute Gasteiger partial charge is 0.444 e. The van der Waals surface area contributed by atoms with E-state index in [4.69, 9.17) is 4.74 Å². The lowest BCUT2D eigenvalue weighted by atomic mass is 9.99. The van der Waals surface area contributed by atoms with Crippen LogP contribution in [-0.2, 0) is 19.4 Å². The number of hydrogen-bond donors (Lipinski definition) is 1. The number of fused-ring (bicyclic) bond motifs is 1. The summed E-state index contributed by atoms with van der Waals surface area (Å²) in [6, 6.07) is 7.58. The van der Waals surface area contributed by atoms with Crippen molar-refractivity contribution in [1.82, 2.24) is 5.32 Å². The van der Waals surface area contributed by atoms with Crippen LogP contribution in [0.4, 0.5) is 10.5 Å². The lowest BCUT2D eigenvalue weighted by molar-refractivity contribution is -0.117. The molecule has 8 nitrogen and oxygen atoms in total. The zero-order valence-corrected chi connectivity index (χ0v) is 20.8. The van der Waals surface area contributed by atoms with Crippen molar-refractivity contribution in [2.24, 2.45) is 4.99 Å². The molecule has 0 bridgehead atoms. The van der Waals surface area contributed by atoms with E-state index in [1.807, 2.05) is 29.2 Å². The molecule has 2 fully saturated rings. The van der Waals surface area contributed by atoms with Crippen molar-refractivity contribution in [3.8, 4) is 0 Å². The molecular weight excluding hydrogens is 450 g/mol. The number of carbonyl (C=O) groups excluding carboxylic acids is 2. The molecule has 0 spiro atoms. The van der Waals surface area contributed by atoms with Gasteiger partial charge < -0.3 is 15.0 Å². The molecule has 0 aromatic heterocycles. The maximum Gasteiger partial charge on any atom is 0.407 e. The monoisotopic (exact) mass is 481 g/mol. The van der Waals surface area contributed by atoms with Gasteiger partial charge >= 0.3 is 6.09 Å². The molecule has 1 aromatic rings. The highest BCUT2D eigenvalue weighted by molar-refractivity contribution is 8.16. The van der Waals surface area contributed by atoms with E-state index in [1.165, 1.54) is 11.8 Å². The second kappa shape index (κ2) is 9.43. The number of amides is 2. The van der Waals surface area contributed by atoms with Crippen molar-refractivity contribution in [1.29, 1.82) is 0 Å². The minimum atomic E-state index is -3.13. The van der Waals surface area contributed by atoms with Gasteiger partial charge in [-0.1, -0.05) is 43.8 Å². The van der Waals surface area contributed by atoms with E-state index in [2.05, 4.69) is 24.2 Å². The number of hydrogen-bond acceptors (Lipinski definition) is 6. The SMILES string of the molecule is CC(C)c1ccccc1N1C(=NC(=O)CCNC(=O)OC(C)(C)C)SC2CS(=O)(=O)CC21. The topological polar surface area (TPSA) is 105 Å². The van der Waals surface area contributed by atoms with Gasteiger partial charge in [0.05, 0.1) is 17.5 Å². The van der Waals surface area contributed by atoms with Crippen LogP contribution < -0.4 is 10.2 Å². The van der Waals surface area contributed by atoms with Crippen molar-refractivity contribution < 1.29 is 22.7 Å². The van der Waals surface area contributed by atoms with Crippen LogP contribution in [0.25, 0.3) is 0 Å². The molecule has 0 radical (unpaired) electrons. The number of carbonyl (C=O) groups is 2. The van der Waals surface area contributed by atoms with Gasteiger partial charge in [0, 0.05) is 23.9 Å². The normalized spacial score (nSPS) is 23.4. The van der Waals surface area contributed by atoms with E-state index < -0.39 is 21.5 Å². The van der Waals surface area contributed by atoms with E-state index in [1.54, 1.807) is 20.8 Å². The van der Waals surface area contributed by atoms with Gasteiger partial charge in [0.1, 0.15) is 5.60 Å². The molecule has 3 rings (SSSR count). The van der Waals surface area contributed by atoms with Gasteiger partial charge in [0.2, 0.25) is 5.91 Å². The highest BCUT2D eigenvalue weighted by Crippen LogP contribution is 2.43. The molecule has 0 saturated carbocycles. The van der Waals surface area contributed by atoms with Crippen LogP contribution in [0.15, 0.2) is 29.3 Å². The number of ether oxygens (including phenoxy) is 1. The third-order valence-corrected chi connectivity index (χ3v) is 8.32. The van der Waals surface area contributed by atoms with Crippen molar-refractivity contribution in [3.63, 3.8) is 0 Å². The van der Waals surface area contributed by atoms with Gasteiger partial charge in [-0.25, -0.2) is 13.2 Å². The fourth-order valence-corrected chi connectivity index (χ4v) is 7.71. The summed E-state index contributed by atoms with van der Waals surface area (Å²) in [5.41, 5.74) is 1.35. The summed E-state index contributed by atoms with van der Waals surface area (Å²) < 4.78 is 29.7. The standard InChI is InChI=1S/C22H31N3O5S2/c1-14(2)15-8-6-7-9-16(15)25-17-12-32(28,29)13-18(17)31-20(25)24-19(26)10-11-23-21(27)30-22(3,4)5/h6-9,14,17-18H,10-13H2,1-5H3,(H,23,27). The van der Waals surface area contributed by atoms with Crippen LogP contribution in [0.3, 0.4) is 0 Å². The molecule has 32 heavy (non-hydrogen) atoms. The predicted octanol–water partition coefficient (Wildman–Crippen LogP) is 3.33.